The molecule has 0 spiro atoms. The molecule has 4 heterocycles. The minimum atomic E-state index is -0.0645. The van der Waals surface area contributed by atoms with Crippen LogP contribution in [-0.2, 0) is 45.1 Å². The molecule has 0 unspecified atom stereocenters. The van der Waals surface area contributed by atoms with Crippen molar-refractivity contribution in [1.29, 1.82) is 0 Å². The molecule has 0 aliphatic carbocycles. The van der Waals surface area contributed by atoms with Gasteiger partial charge in [-0.15, -0.1) is 0 Å². The number of anilines is 5. The molecule has 15 nitrogen and oxygen atoms in total. The second-order valence-corrected chi connectivity index (χ2v) is 18.9. The highest BCUT2D eigenvalue weighted by Crippen LogP contribution is 2.44. The maximum absolute atomic E-state index is 14.3. The van der Waals surface area contributed by atoms with Crippen LogP contribution in [-0.4, -0.2) is 124 Å². The van der Waals surface area contributed by atoms with Gasteiger partial charge in [0.2, 0.25) is 0 Å². The molecule has 0 saturated heterocycles. The van der Waals surface area contributed by atoms with Crippen LogP contribution in [0, 0.1) is 0 Å². The fourth-order valence-electron chi connectivity index (χ4n) is 10.5. The van der Waals surface area contributed by atoms with Gasteiger partial charge in [0.15, 0.2) is 23.0 Å². The van der Waals surface area contributed by atoms with E-state index in [-0.39, 0.29) is 42.9 Å². The number of rotatable bonds is 23. The molecule has 15 heteroatoms. The van der Waals surface area contributed by atoms with Crippen molar-refractivity contribution in [3.63, 3.8) is 0 Å². The average Bonchev–Trinajstić information content (AvgIpc) is 3.90. The molecule has 4 aliphatic heterocycles. The van der Waals surface area contributed by atoms with E-state index in [0.717, 1.165) is 52.4 Å². The minimum Gasteiger partial charge on any atom is -0.493 e. The predicted octanol–water partition coefficient (Wildman–Crippen LogP) is 8.15. The van der Waals surface area contributed by atoms with Gasteiger partial charge in [-0.25, -0.2) is 0 Å². The molecule has 2 atom stereocenters. The number of ether oxygens (including phenoxy) is 7. The summed E-state index contributed by atoms with van der Waals surface area (Å²) in [5, 5.41) is 0. The number of amides is 2. The first kappa shape index (κ1) is 50.1. The molecule has 4 aliphatic rings. The Morgan fingerprint density at radius 3 is 1.60 bits per heavy atom. The Balaban J connectivity index is 1.00. The summed E-state index contributed by atoms with van der Waals surface area (Å²) in [5.74, 6) is 2.01. The number of hydrogen-bond acceptors (Lipinski definition) is 13. The number of nitrogens with zero attached hydrogens (tertiary/aromatic N) is 5. The molecule has 2 amide bonds. The summed E-state index contributed by atoms with van der Waals surface area (Å²) in [5.41, 5.74) is 9.55. The van der Waals surface area contributed by atoms with Gasteiger partial charge < -0.3 is 57.7 Å². The Labute approximate surface area is 423 Å². The van der Waals surface area contributed by atoms with E-state index in [4.69, 9.17) is 33.2 Å². The van der Waals surface area contributed by atoms with Crippen molar-refractivity contribution in [3.8, 4) is 23.0 Å². The maximum Gasteiger partial charge on any atom is 0.260 e. The fraction of sp³-hybridized carbons (Fsp3) is 0.421. The number of ketones is 1. The van der Waals surface area contributed by atoms with Crippen LogP contribution in [0.5, 0.6) is 23.0 Å². The van der Waals surface area contributed by atoms with Crippen molar-refractivity contribution in [2.45, 2.75) is 64.3 Å². The molecule has 0 bridgehead atoms. The summed E-state index contributed by atoms with van der Waals surface area (Å²) in [7, 11) is 8.85. The van der Waals surface area contributed by atoms with Gasteiger partial charge in [-0.1, -0.05) is 43.3 Å². The van der Waals surface area contributed by atoms with Gasteiger partial charge in [0, 0.05) is 89.4 Å². The standard InChI is InChI=1S/C57H67N5O10/c1-7-45(63)15-12-18-60(19-20-69-23-24-70-22-21-66-4)42-26-38(36-71-54-32-50-46(30-52(54)67-5)56(64)61-43(34-58(50)2)28-40-13-8-10-16-48(40)61)25-39(27-42)37-72-55-33-51-47(31-53(55)68-6)57(65)62-44(35-59(51)3)29-41-14-9-11-17-49(41)62/h8-11,13-14,16-17,25-27,30-33,43-44H,7,12,15,18-24,28-29,34-37H2,1-6H3/t43-,44-/m0/s1. The zero-order valence-electron chi connectivity index (χ0n) is 42.4. The molecule has 9 rings (SSSR count). The maximum atomic E-state index is 14.3. The number of benzene rings is 5. The smallest absolute Gasteiger partial charge is 0.260 e. The zero-order chi connectivity index (χ0) is 50.3. The van der Waals surface area contributed by atoms with Gasteiger partial charge >= 0.3 is 0 Å². The van der Waals surface area contributed by atoms with Gasteiger partial charge in [0.1, 0.15) is 19.0 Å². The van der Waals surface area contributed by atoms with Crippen molar-refractivity contribution in [2.24, 2.45) is 0 Å². The second-order valence-electron chi connectivity index (χ2n) is 18.9. The fourth-order valence-corrected chi connectivity index (χ4v) is 10.5. The summed E-state index contributed by atoms with van der Waals surface area (Å²) < 4.78 is 42.0. The van der Waals surface area contributed by atoms with Gasteiger partial charge in [0.25, 0.3) is 11.8 Å². The van der Waals surface area contributed by atoms with Crippen LogP contribution < -0.4 is 43.4 Å². The van der Waals surface area contributed by atoms with E-state index in [1.807, 2.05) is 79.3 Å². The number of methoxy groups -OCH3 is 3. The Morgan fingerprint density at radius 1 is 0.597 bits per heavy atom. The van der Waals surface area contributed by atoms with E-state index < -0.39 is 0 Å². The van der Waals surface area contributed by atoms with Gasteiger partial charge in [-0.05, 0) is 84.0 Å². The third kappa shape index (κ3) is 10.7. The summed E-state index contributed by atoms with van der Waals surface area (Å²) >= 11 is 0. The van der Waals surface area contributed by atoms with Crippen LogP contribution in [0.15, 0.2) is 91.0 Å². The SMILES string of the molecule is CCC(=O)CCCN(CCOCCOCCOC)c1cc(COc2cc3c(cc2OC)C(=O)N2c4ccccc4C[C@H]2CN3C)cc(COc2cc3c(cc2OC)C(=O)N2c4ccccc4C[C@H]2CN3C)c1. The van der Waals surface area contributed by atoms with Crippen LogP contribution in [0.25, 0.3) is 0 Å². The molecule has 5 aromatic rings. The van der Waals surface area contributed by atoms with Crippen LogP contribution in [0.2, 0.25) is 0 Å². The van der Waals surface area contributed by atoms with Crippen LogP contribution >= 0.6 is 0 Å². The van der Waals surface area contributed by atoms with Gasteiger partial charge in [0.05, 0.1) is 81.8 Å². The molecule has 0 fully saturated rings. The van der Waals surface area contributed by atoms with Crippen molar-refractivity contribution >= 4 is 46.0 Å². The molecular weight excluding hydrogens is 915 g/mol. The van der Waals surface area contributed by atoms with Crippen molar-refractivity contribution in [2.75, 3.05) is 119 Å². The first-order valence-corrected chi connectivity index (χ1v) is 25.1. The van der Waals surface area contributed by atoms with Gasteiger partial charge in [-0.3, -0.25) is 14.4 Å². The van der Waals surface area contributed by atoms with Crippen LogP contribution in [0.4, 0.5) is 28.4 Å². The molecule has 0 saturated carbocycles. The third-order valence-corrected chi connectivity index (χ3v) is 14.2. The number of likely N-dealkylation sites (N-methyl/N-ethyl adjacent to an activating group) is 2. The normalized spacial score (nSPS) is 16.5. The van der Waals surface area contributed by atoms with E-state index in [1.54, 1.807) is 33.5 Å². The van der Waals surface area contributed by atoms with Crippen molar-refractivity contribution in [1.82, 2.24) is 0 Å². The van der Waals surface area contributed by atoms with Crippen LogP contribution in [0.1, 0.15) is 69.2 Å². The van der Waals surface area contributed by atoms with E-state index >= 15 is 0 Å². The second kappa shape index (κ2) is 22.7. The largest absolute Gasteiger partial charge is 0.493 e. The summed E-state index contributed by atoms with van der Waals surface area (Å²) in [4.78, 5) is 51.6. The minimum absolute atomic E-state index is 0.00115. The first-order valence-electron chi connectivity index (χ1n) is 25.1. The molecule has 380 valence electrons. The molecule has 72 heavy (non-hydrogen) atoms. The van der Waals surface area contributed by atoms with E-state index in [2.05, 4.69) is 45.0 Å². The Bertz CT molecular complexity index is 2610. The first-order chi connectivity index (χ1) is 35.1. The molecular formula is C57H67N5O10. The molecule has 0 aromatic heterocycles. The molecule has 5 aromatic carbocycles. The summed E-state index contributed by atoms with van der Waals surface area (Å²) in [6, 6.07) is 29.9. The molecule has 0 radical (unpaired) electrons. The number of carbonyl (C=O) groups is 3. The highest BCUT2D eigenvalue weighted by molar-refractivity contribution is 6.13. The number of fused-ring (bicyclic) bond motifs is 8. The monoisotopic (exact) mass is 981 g/mol. The highest BCUT2D eigenvalue weighted by Gasteiger charge is 2.41. The molecule has 0 N–H and O–H groups in total. The van der Waals surface area contributed by atoms with E-state index in [0.29, 0.717) is 113 Å². The topological polar surface area (TPSA) is 132 Å². The zero-order valence-corrected chi connectivity index (χ0v) is 42.4. The van der Waals surface area contributed by atoms with Crippen molar-refractivity contribution in [3.05, 3.63) is 124 Å². The average molecular weight is 982 g/mol. The third-order valence-electron chi connectivity index (χ3n) is 14.2. The summed E-state index contributed by atoms with van der Waals surface area (Å²) in [6.07, 6.45) is 3.21. The number of hydrogen-bond donors (Lipinski definition) is 0. The number of carbonyl (C=O) groups excluding carboxylic acids is 3. The lowest BCUT2D eigenvalue weighted by molar-refractivity contribution is -0.118. The highest BCUT2D eigenvalue weighted by atomic mass is 16.5. The number of para-hydroxylation sites is 2. The van der Waals surface area contributed by atoms with Crippen molar-refractivity contribution < 1.29 is 47.5 Å². The quantitative estimate of drug-likeness (QED) is 0.0584. The Hall–Kier alpha value is -6.81. The lowest BCUT2D eigenvalue weighted by Crippen LogP contribution is -2.41. The number of Topliss-reactive ketones (excluding diaryl/α,β-unsaturated/α-hetero) is 1. The Morgan fingerprint density at radius 2 is 1.10 bits per heavy atom. The lowest BCUT2D eigenvalue weighted by atomic mass is 10.1. The van der Waals surface area contributed by atoms with Gasteiger partial charge in [-0.2, -0.15) is 0 Å². The summed E-state index contributed by atoms with van der Waals surface area (Å²) in [6.45, 7) is 7.07. The Kier molecular flexibility index (Phi) is 15.8. The van der Waals surface area contributed by atoms with E-state index in [9.17, 15) is 14.4 Å². The van der Waals surface area contributed by atoms with Crippen LogP contribution in [0.3, 0.4) is 0 Å². The van der Waals surface area contributed by atoms with E-state index in [1.165, 1.54) is 11.1 Å². The predicted molar refractivity (Wildman–Crippen MR) is 279 cm³/mol. The lowest BCUT2D eigenvalue weighted by Gasteiger charge is -2.27.